The van der Waals surface area contributed by atoms with Crippen LogP contribution in [0.15, 0.2) is 0 Å². The van der Waals surface area contributed by atoms with Crippen molar-refractivity contribution in [3.63, 3.8) is 0 Å². The minimum absolute atomic E-state index is 0.00245. The van der Waals surface area contributed by atoms with E-state index in [2.05, 4.69) is 0 Å². The van der Waals surface area contributed by atoms with E-state index in [0.717, 1.165) is 12.8 Å². The molecule has 0 aromatic carbocycles. The molecule has 0 aromatic rings. The van der Waals surface area contributed by atoms with Gasteiger partial charge in [0.25, 0.3) is 0 Å². The highest BCUT2D eigenvalue weighted by molar-refractivity contribution is 7.91. The van der Waals surface area contributed by atoms with Crippen LogP contribution in [0.3, 0.4) is 0 Å². The van der Waals surface area contributed by atoms with Gasteiger partial charge in [0.05, 0.1) is 18.1 Å². The van der Waals surface area contributed by atoms with Crippen LogP contribution in [0.5, 0.6) is 0 Å². The van der Waals surface area contributed by atoms with Gasteiger partial charge in [0.2, 0.25) is 0 Å². The van der Waals surface area contributed by atoms with E-state index < -0.39 is 9.84 Å². The largest absolute Gasteiger partial charge is 0.396 e. The molecule has 1 heterocycles. The Balaban J connectivity index is 2.81. The highest BCUT2D eigenvalue weighted by atomic mass is 32.2. The quantitative estimate of drug-likeness (QED) is 0.711. The van der Waals surface area contributed by atoms with Crippen LogP contribution in [0, 0.1) is 11.3 Å². The molecule has 1 aliphatic rings. The monoisotopic (exact) mass is 235 g/mol. The number of aliphatic hydroxyl groups is 1. The van der Waals surface area contributed by atoms with E-state index in [-0.39, 0.29) is 29.4 Å². The van der Waals surface area contributed by atoms with E-state index >= 15 is 0 Å². The summed E-state index contributed by atoms with van der Waals surface area (Å²) in [6.07, 6.45) is 2.38. The normalized spacial score (nSPS) is 28.9. The SMILES string of the molecule is CCCC(CN)(CO)C1CCS(=O)(=O)C1. The predicted octanol–water partition coefficient (Wildman–Crippen LogP) is 0.159. The van der Waals surface area contributed by atoms with Crippen LogP contribution in [0.2, 0.25) is 0 Å². The van der Waals surface area contributed by atoms with Gasteiger partial charge in [-0.1, -0.05) is 13.3 Å². The molecule has 2 atom stereocenters. The molecule has 90 valence electrons. The first kappa shape index (κ1) is 12.9. The van der Waals surface area contributed by atoms with Crippen LogP contribution in [-0.4, -0.2) is 38.2 Å². The average molecular weight is 235 g/mol. The van der Waals surface area contributed by atoms with E-state index in [0.29, 0.717) is 13.0 Å². The van der Waals surface area contributed by atoms with Gasteiger partial charge in [-0.2, -0.15) is 0 Å². The van der Waals surface area contributed by atoms with E-state index in [1.54, 1.807) is 0 Å². The second kappa shape index (κ2) is 4.80. The highest BCUT2D eigenvalue weighted by Crippen LogP contribution is 2.38. The molecule has 4 nitrogen and oxygen atoms in total. The first-order valence-electron chi connectivity index (χ1n) is 5.51. The summed E-state index contributed by atoms with van der Waals surface area (Å²) in [5, 5.41) is 9.46. The third-order valence-corrected chi connectivity index (χ3v) is 5.34. The molecule has 1 aliphatic heterocycles. The molecular formula is C10H21NO3S. The molecule has 5 heteroatoms. The van der Waals surface area contributed by atoms with Crippen LogP contribution in [0.4, 0.5) is 0 Å². The molecule has 1 fully saturated rings. The lowest BCUT2D eigenvalue weighted by atomic mass is 9.72. The van der Waals surface area contributed by atoms with Gasteiger partial charge in [-0.25, -0.2) is 8.42 Å². The summed E-state index contributed by atoms with van der Waals surface area (Å²) in [4.78, 5) is 0. The third-order valence-electron chi connectivity index (χ3n) is 3.57. The minimum atomic E-state index is -2.88. The van der Waals surface area contributed by atoms with Crippen molar-refractivity contribution in [3.8, 4) is 0 Å². The van der Waals surface area contributed by atoms with Crippen molar-refractivity contribution in [1.29, 1.82) is 0 Å². The van der Waals surface area contributed by atoms with Crippen molar-refractivity contribution in [1.82, 2.24) is 0 Å². The van der Waals surface area contributed by atoms with Crippen LogP contribution in [0.25, 0.3) is 0 Å². The van der Waals surface area contributed by atoms with Gasteiger partial charge >= 0.3 is 0 Å². The fraction of sp³-hybridized carbons (Fsp3) is 1.00. The first-order valence-corrected chi connectivity index (χ1v) is 7.33. The Bertz CT molecular complexity index is 296. The topological polar surface area (TPSA) is 80.4 Å². The Hall–Kier alpha value is -0.130. The Kier molecular flexibility index (Phi) is 4.14. The minimum Gasteiger partial charge on any atom is -0.396 e. The molecule has 0 amide bonds. The van der Waals surface area contributed by atoms with Crippen molar-refractivity contribution in [2.24, 2.45) is 17.1 Å². The molecule has 0 aliphatic carbocycles. The Morgan fingerprint density at radius 1 is 1.53 bits per heavy atom. The molecule has 0 radical (unpaired) electrons. The molecule has 0 bridgehead atoms. The van der Waals surface area contributed by atoms with Gasteiger partial charge in [0.15, 0.2) is 9.84 Å². The van der Waals surface area contributed by atoms with Gasteiger partial charge in [-0.3, -0.25) is 0 Å². The zero-order valence-electron chi connectivity index (χ0n) is 9.28. The molecule has 2 unspecified atom stereocenters. The predicted molar refractivity (Wildman–Crippen MR) is 60.2 cm³/mol. The molecular weight excluding hydrogens is 214 g/mol. The number of sulfone groups is 1. The summed E-state index contributed by atoms with van der Waals surface area (Å²) in [5.74, 6) is 0.492. The Morgan fingerprint density at radius 3 is 2.53 bits per heavy atom. The van der Waals surface area contributed by atoms with Crippen LogP contribution >= 0.6 is 0 Å². The number of aliphatic hydroxyl groups excluding tert-OH is 1. The Labute approximate surface area is 91.8 Å². The zero-order chi connectivity index (χ0) is 11.5. The smallest absolute Gasteiger partial charge is 0.150 e. The molecule has 0 spiro atoms. The van der Waals surface area contributed by atoms with E-state index in [9.17, 15) is 13.5 Å². The lowest BCUT2D eigenvalue weighted by Gasteiger charge is -2.35. The van der Waals surface area contributed by atoms with Crippen molar-refractivity contribution in [2.75, 3.05) is 24.7 Å². The average Bonchev–Trinajstić information content (AvgIpc) is 2.56. The third kappa shape index (κ3) is 2.71. The van der Waals surface area contributed by atoms with Crippen molar-refractivity contribution < 1.29 is 13.5 Å². The van der Waals surface area contributed by atoms with Gasteiger partial charge in [-0.05, 0) is 18.8 Å². The summed E-state index contributed by atoms with van der Waals surface area (Å²) in [6.45, 7) is 2.40. The van der Waals surface area contributed by atoms with Gasteiger partial charge in [0.1, 0.15) is 0 Å². The molecule has 1 rings (SSSR count). The number of nitrogens with two attached hydrogens (primary N) is 1. The lowest BCUT2D eigenvalue weighted by Crippen LogP contribution is -2.42. The maximum absolute atomic E-state index is 11.4. The summed E-state index contributed by atoms with van der Waals surface area (Å²) in [5.41, 5.74) is 5.34. The first-order chi connectivity index (χ1) is 6.99. The van der Waals surface area contributed by atoms with Gasteiger partial charge in [-0.15, -0.1) is 0 Å². The standard InChI is InChI=1S/C10H21NO3S/c1-2-4-10(7-11,8-12)9-3-5-15(13,14)6-9/h9,12H,2-8,11H2,1H3. The van der Waals surface area contributed by atoms with Crippen molar-refractivity contribution in [3.05, 3.63) is 0 Å². The Morgan fingerprint density at radius 2 is 2.20 bits per heavy atom. The molecule has 1 saturated heterocycles. The van der Waals surface area contributed by atoms with Crippen LogP contribution < -0.4 is 5.73 Å². The molecule has 15 heavy (non-hydrogen) atoms. The van der Waals surface area contributed by atoms with Crippen LogP contribution in [0.1, 0.15) is 26.2 Å². The van der Waals surface area contributed by atoms with Crippen molar-refractivity contribution in [2.45, 2.75) is 26.2 Å². The second-order valence-corrected chi connectivity index (χ2v) is 6.80. The van der Waals surface area contributed by atoms with E-state index in [1.165, 1.54) is 0 Å². The van der Waals surface area contributed by atoms with Crippen molar-refractivity contribution >= 4 is 9.84 Å². The molecule has 0 saturated carbocycles. The summed E-state index contributed by atoms with van der Waals surface area (Å²) in [6, 6.07) is 0. The summed E-state index contributed by atoms with van der Waals surface area (Å²) < 4.78 is 22.8. The molecule has 0 aromatic heterocycles. The number of hydrogen-bond donors (Lipinski definition) is 2. The van der Waals surface area contributed by atoms with E-state index in [4.69, 9.17) is 5.73 Å². The van der Waals surface area contributed by atoms with Crippen LogP contribution in [-0.2, 0) is 9.84 Å². The molecule has 3 N–H and O–H groups in total. The fourth-order valence-corrected chi connectivity index (χ4v) is 4.46. The van der Waals surface area contributed by atoms with Gasteiger partial charge in [0, 0.05) is 12.0 Å². The summed E-state index contributed by atoms with van der Waals surface area (Å²) >= 11 is 0. The second-order valence-electron chi connectivity index (χ2n) is 4.57. The number of rotatable bonds is 5. The lowest BCUT2D eigenvalue weighted by molar-refractivity contribution is 0.0692. The van der Waals surface area contributed by atoms with Gasteiger partial charge < -0.3 is 10.8 Å². The highest BCUT2D eigenvalue weighted by Gasteiger charge is 2.42. The number of hydrogen-bond acceptors (Lipinski definition) is 4. The fourth-order valence-electron chi connectivity index (χ4n) is 2.52. The maximum atomic E-state index is 11.4. The maximum Gasteiger partial charge on any atom is 0.150 e. The van der Waals surface area contributed by atoms with E-state index in [1.807, 2.05) is 6.92 Å². The zero-order valence-corrected chi connectivity index (χ0v) is 10.1. The summed E-state index contributed by atoms with van der Waals surface area (Å²) in [7, 11) is -2.88.